The summed E-state index contributed by atoms with van der Waals surface area (Å²) in [6.45, 7) is 6.10. The fraction of sp³-hybridized carbons (Fsp3) is 1.00. The molecule has 1 fully saturated rings. The fourth-order valence-electron chi connectivity index (χ4n) is 1.96. The van der Waals surface area contributed by atoms with Gasteiger partial charge in [0.2, 0.25) is 0 Å². The summed E-state index contributed by atoms with van der Waals surface area (Å²) in [6.07, 6.45) is -0.717. The maximum absolute atomic E-state index is 5.57. The van der Waals surface area contributed by atoms with E-state index >= 15 is 0 Å². The predicted octanol–water partition coefficient (Wildman–Crippen LogP) is 1.02. The Balaban J connectivity index is 2.72. The number of ether oxygens (including phenoxy) is 5. The van der Waals surface area contributed by atoms with E-state index in [-0.39, 0.29) is 18.0 Å². The van der Waals surface area contributed by atoms with Crippen LogP contribution in [-0.2, 0) is 23.7 Å². The SMILES string of the molecule is CCOC(OC)C1(C(OC)OCC)COC1. The van der Waals surface area contributed by atoms with Crippen LogP contribution in [0.15, 0.2) is 0 Å². The minimum Gasteiger partial charge on any atom is -0.379 e. The van der Waals surface area contributed by atoms with Crippen LogP contribution in [0, 0.1) is 5.41 Å². The average molecular weight is 234 g/mol. The van der Waals surface area contributed by atoms with E-state index in [4.69, 9.17) is 23.7 Å². The second-order valence-electron chi connectivity index (χ2n) is 3.77. The zero-order valence-corrected chi connectivity index (χ0v) is 10.5. The lowest BCUT2D eigenvalue weighted by Crippen LogP contribution is -2.61. The summed E-state index contributed by atoms with van der Waals surface area (Å²) in [7, 11) is 3.25. The zero-order chi connectivity index (χ0) is 12.0. The number of rotatable bonds is 8. The average Bonchev–Trinajstić information content (AvgIpc) is 2.24. The summed E-state index contributed by atoms with van der Waals surface area (Å²) in [4.78, 5) is 0. The number of hydrogen-bond acceptors (Lipinski definition) is 5. The van der Waals surface area contributed by atoms with Gasteiger partial charge in [0, 0.05) is 27.4 Å². The lowest BCUT2D eigenvalue weighted by atomic mass is 9.84. The zero-order valence-electron chi connectivity index (χ0n) is 10.5. The van der Waals surface area contributed by atoms with Gasteiger partial charge in [-0.1, -0.05) is 0 Å². The molecule has 1 heterocycles. The van der Waals surface area contributed by atoms with Crippen LogP contribution in [0.2, 0.25) is 0 Å². The number of hydrogen-bond donors (Lipinski definition) is 0. The molecule has 0 spiro atoms. The third-order valence-electron chi connectivity index (χ3n) is 2.74. The van der Waals surface area contributed by atoms with E-state index in [1.807, 2.05) is 13.8 Å². The predicted molar refractivity (Wildman–Crippen MR) is 58.1 cm³/mol. The van der Waals surface area contributed by atoms with Crippen molar-refractivity contribution in [2.75, 3.05) is 40.6 Å². The van der Waals surface area contributed by atoms with Crippen molar-refractivity contribution in [1.29, 1.82) is 0 Å². The van der Waals surface area contributed by atoms with Gasteiger partial charge in [-0.25, -0.2) is 0 Å². The Morgan fingerprint density at radius 1 is 1.00 bits per heavy atom. The highest BCUT2D eigenvalue weighted by atomic mass is 16.7. The first-order valence-corrected chi connectivity index (χ1v) is 5.61. The van der Waals surface area contributed by atoms with Gasteiger partial charge in [0.1, 0.15) is 5.41 Å². The van der Waals surface area contributed by atoms with Gasteiger partial charge in [0.25, 0.3) is 0 Å². The second kappa shape index (κ2) is 6.51. The molecule has 96 valence electrons. The summed E-state index contributed by atoms with van der Waals surface area (Å²) in [5, 5.41) is 0. The smallest absolute Gasteiger partial charge is 0.172 e. The van der Waals surface area contributed by atoms with Gasteiger partial charge >= 0.3 is 0 Å². The molecule has 0 aromatic rings. The van der Waals surface area contributed by atoms with Gasteiger partial charge in [-0.3, -0.25) is 0 Å². The summed E-state index contributed by atoms with van der Waals surface area (Å²) in [5.74, 6) is 0. The van der Waals surface area contributed by atoms with E-state index in [0.717, 1.165) is 0 Å². The normalized spacial score (nSPS) is 22.5. The molecule has 1 aliphatic heterocycles. The minimum absolute atomic E-state index is 0.352. The molecule has 5 nitrogen and oxygen atoms in total. The van der Waals surface area contributed by atoms with Gasteiger partial charge in [-0.05, 0) is 13.8 Å². The third kappa shape index (κ3) is 2.55. The van der Waals surface area contributed by atoms with Crippen molar-refractivity contribution in [3.63, 3.8) is 0 Å². The summed E-state index contributed by atoms with van der Waals surface area (Å²) < 4.78 is 27.1. The topological polar surface area (TPSA) is 46.2 Å². The van der Waals surface area contributed by atoms with Crippen molar-refractivity contribution >= 4 is 0 Å². The van der Waals surface area contributed by atoms with Crippen molar-refractivity contribution in [2.45, 2.75) is 26.4 Å². The highest BCUT2D eigenvalue weighted by Gasteiger charge is 2.54. The summed E-state index contributed by atoms with van der Waals surface area (Å²) >= 11 is 0. The highest BCUT2D eigenvalue weighted by molar-refractivity contribution is 4.92. The molecule has 0 aromatic heterocycles. The molecule has 0 bridgehead atoms. The Morgan fingerprint density at radius 3 is 1.62 bits per heavy atom. The van der Waals surface area contributed by atoms with Crippen LogP contribution in [0.3, 0.4) is 0 Å². The first-order valence-electron chi connectivity index (χ1n) is 5.61. The Bertz CT molecular complexity index is 177. The Hall–Kier alpha value is -0.200. The third-order valence-corrected chi connectivity index (χ3v) is 2.74. The van der Waals surface area contributed by atoms with Crippen LogP contribution in [-0.4, -0.2) is 53.2 Å². The lowest BCUT2D eigenvalue weighted by molar-refractivity contribution is -0.347. The molecule has 0 saturated carbocycles. The molecule has 2 atom stereocenters. The van der Waals surface area contributed by atoms with Gasteiger partial charge in [0.05, 0.1) is 13.2 Å². The van der Waals surface area contributed by atoms with Gasteiger partial charge in [0.15, 0.2) is 12.6 Å². The number of methoxy groups -OCH3 is 2. The van der Waals surface area contributed by atoms with E-state index in [0.29, 0.717) is 26.4 Å². The highest BCUT2D eigenvalue weighted by Crippen LogP contribution is 2.39. The maximum Gasteiger partial charge on any atom is 0.172 e. The summed E-state index contributed by atoms with van der Waals surface area (Å²) in [6, 6.07) is 0. The monoisotopic (exact) mass is 234 g/mol. The maximum atomic E-state index is 5.57. The molecule has 1 saturated heterocycles. The fourth-order valence-corrected chi connectivity index (χ4v) is 1.96. The van der Waals surface area contributed by atoms with Crippen molar-refractivity contribution < 1.29 is 23.7 Å². The molecule has 5 heteroatoms. The van der Waals surface area contributed by atoms with Gasteiger partial charge < -0.3 is 23.7 Å². The first kappa shape index (κ1) is 13.9. The molecule has 0 aromatic carbocycles. The van der Waals surface area contributed by atoms with E-state index in [2.05, 4.69) is 0 Å². The van der Waals surface area contributed by atoms with Crippen LogP contribution in [0.5, 0.6) is 0 Å². The van der Waals surface area contributed by atoms with E-state index in [9.17, 15) is 0 Å². The molecular weight excluding hydrogens is 212 g/mol. The molecule has 0 N–H and O–H groups in total. The lowest BCUT2D eigenvalue weighted by Gasteiger charge is -2.48. The van der Waals surface area contributed by atoms with Crippen LogP contribution in [0.1, 0.15) is 13.8 Å². The van der Waals surface area contributed by atoms with Crippen LogP contribution in [0.4, 0.5) is 0 Å². The molecule has 0 amide bonds. The Labute approximate surface area is 97.0 Å². The van der Waals surface area contributed by atoms with Gasteiger partial charge in [-0.2, -0.15) is 0 Å². The van der Waals surface area contributed by atoms with Crippen molar-refractivity contribution in [1.82, 2.24) is 0 Å². The van der Waals surface area contributed by atoms with E-state index in [1.165, 1.54) is 0 Å². The van der Waals surface area contributed by atoms with Crippen molar-refractivity contribution in [2.24, 2.45) is 5.41 Å². The second-order valence-corrected chi connectivity index (χ2v) is 3.77. The van der Waals surface area contributed by atoms with E-state index < -0.39 is 0 Å². The van der Waals surface area contributed by atoms with E-state index in [1.54, 1.807) is 14.2 Å². The quantitative estimate of drug-likeness (QED) is 0.587. The first-order chi connectivity index (χ1) is 7.75. The van der Waals surface area contributed by atoms with Crippen LogP contribution >= 0.6 is 0 Å². The standard InChI is InChI=1S/C11H22O5/c1-5-15-9(12-3)11(7-14-8-11)10(13-4)16-6-2/h9-10H,5-8H2,1-4H3. The van der Waals surface area contributed by atoms with Crippen molar-refractivity contribution in [3.05, 3.63) is 0 Å². The van der Waals surface area contributed by atoms with Gasteiger partial charge in [-0.15, -0.1) is 0 Å². The minimum atomic E-state index is -0.359. The Morgan fingerprint density at radius 2 is 1.44 bits per heavy atom. The van der Waals surface area contributed by atoms with Crippen molar-refractivity contribution in [3.8, 4) is 0 Å². The largest absolute Gasteiger partial charge is 0.379 e. The Kier molecular flexibility index (Phi) is 5.64. The van der Waals surface area contributed by atoms with Crippen LogP contribution < -0.4 is 0 Å². The molecule has 1 aliphatic rings. The molecule has 0 aliphatic carbocycles. The van der Waals surface area contributed by atoms with Crippen LogP contribution in [0.25, 0.3) is 0 Å². The molecule has 16 heavy (non-hydrogen) atoms. The summed E-state index contributed by atoms with van der Waals surface area (Å²) in [5.41, 5.74) is -0.352. The molecular formula is C11H22O5. The molecule has 2 unspecified atom stereocenters. The molecule has 0 radical (unpaired) electrons. The molecule has 1 rings (SSSR count).